The Hall–Kier alpha value is -0.0100. The molecule has 11 heteroatoms. The average molecular weight is 328 g/mol. The van der Waals surface area contributed by atoms with Crippen LogP contribution in [-0.4, -0.2) is 23.7 Å². The molecule has 0 aliphatic rings. The lowest BCUT2D eigenvalue weighted by Gasteiger charge is -2.24. The third-order valence-corrected chi connectivity index (χ3v) is 3.98. The standard InChI is InChI=1S/C5H3Cl5N4O2/c1-13-3(14(15)16)2(11-12-13)4(6,7)5(8,9)10/h1H3. The summed E-state index contributed by atoms with van der Waals surface area (Å²) in [5.74, 6) is -0.545. The summed E-state index contributed by atoms with van der Waals surface area (Å²) in [6, 6.07) is 0. The fraction of sp³-hybridized carbons (Fsp3) is 0.600. The Kier molecular flexibility index (Phi) is 3.81. The molecule has 1 rings (SSSR count). The highest BCUT2D eigenvalue weighted by molar-refractivity contribution is 6.75. The summed E-state index contributed by atoms with van der Waals surface area (Å²) in [5, 5.41) is 17.6. The summed E-state index contributed by atoms with van der Waals surface area (Å²) in [7, 11) is 1.29. The first kappa shape index (κ1) is 14.1. The van der Waals surface area contributed by atoms with Gasteiger partial charge in [-0.05, 0) is 4.92 Å². The zero-order valence-corrected chi connectivity index (χ0v) is 11.3. The molecule has 0 aromatic carbocycles. The smallest absolute Gasteiger partial charge is 0.358 e. The van der Waals surface area contributed by atoms with Crippen LogP contribution in [0, 0.1) is 10.1 Å². The number of halogens is 5. The van der Waals surface area contributed by atoms with E-state index in [-0.39, 0.29) is 0 Å². The molecule has 16 heavy (non-hydrogen) atoms. The lowest BCUT2D eigenvalue weighted by molar-refractivity contribution is -0.393. The molecule has 1 aromatic heterocycles. The van der Waals surface area contributed by atoms with Crippen molar-refractivity contribution in [3.8, 4) is 0 Å². The maximum atomic E-state index is 10.7. The van der Waals surface area contributed by atoms with Gasteiger partial charge in [0.2, 0.25) is 13.8 Å². The van der Waals surface area contributed by atoms with E-state index in [1.807, 2.05) is 0 Å². The van der Waals surface area contributed by atoms with E-state index in [0.717, 1.165) is 4.68 Å². The van der Waals surface area contributed by atoms with E-state index < -0.39 is 24.6 Å². The maximum Gasteiger partial charge on any atom is 0.371 e. The Morgan fingerprint density at radius 1 is 1.31 bits per heavy atom. The van der Waals surface area contributed by atoms with Crippen LogP contribution in [0.2, 0.25) is 0 Å². The third kappa shape index (κ3) is 2.31. The first-order valence-electron chi connectivity index (χ1n) is 3.58. The van der Waals surface area contributed by atoms with Gasteiger partial charge in [-0.25, -0.2) is 0 Å². The van der Waals surface area contributed by atoms with Crippen LogP contribution in [0.3, 0.4) is 0 Å². The van der Waals surface area contributed by atoms with Crippen molar-refractivity contribution in [2.45, 2.75) is 8.13 Å². The van der Waals surface area contributed by atoms with E-state index in [9.17, 15) is 10.1 Å². The van der Waals surface area contributed by atoms with Crippen LogP contribution in [0.5, 0.6) is 0 Å². The Bertz CT molecular complexity index is 425. The van der Waals surface area contributed by atoms with Crippen molar-refractivity contribution in [1.82, 2.24) is 15.0 Å². The summed E-state index contributed by atoms with van der Waals surface area (Å²) < 4.78 is -3.49. The molecule has 0 radical (unpaired) electrons. The molecule has 0 saturated carbocycles. The number of nitrogens with zero attached hydrogens (tertiary/aromatic N) is 4. The van der Waals surface area contributed by atoms with Crippen LogP contribution in [0.25, 0.3) is 0 Å². The molecule has 0 saturated heterocycles. The number of alkyl halides is 5. The van der Waals surface area contributed by atoms with Gasteiger partial charge in [0.25, 0.3) is 0 Å². The van der Waals surface area contributed by atoms with Crippen LogP contribution in [0.15, 0.2) is 0 Å². The molecule has 0 N–H and O–H groups in total. The highest BCUT2D eigenvalue weighted by Crippen LogP contribution is 2.53. The van der Waals surface area contributed by atoms with E-state index in [1.165, 1.54) is 7.05 Å². The number of nitro groups is 1. The number of hydrogen-bond donors (Lipinski definition) is 0. The molecule has 90 valence electrons. The Morgan fingerprint density at radius 3 is 2.19 bits per heavy atom. The summed E-state index contributed by atoms with van der Waals surface area (Å²) in [6.45, 7) is 0. The third-order valence-electron chi connectivity index (χ3n) is 1.62. The van der Waals surface area contributed by atoms with Crippen molar-refractivity contribution in [3.05, 3.63) is 15.8 Å². The zero-order valence-electron chi connectivity index (χ0n) is 7.50. The van der Waals surface area contributed by atoms with Crippen molar-refractivity contribution < 1.29 is 4.92 Å². The molecule has 6 nitrogen and oxygen atoms in total. The van der Waals surface area contributed by atoms with Gasteiger partial charge in [0.15, 0.2) is 0 Å². The first-order valence-corrected chi connectivity index (χ1v) is 5.47. The predicted molar refractivity (Wildman–Crippen MR) is 61.3 cm³/mol. The highest BCUT2D eigenvalue weighted by atomic mass is 35.6. The SMILES string of the molecule is Cn1nnc(C(Cl)(Cl)C(Cl)(Cl)Cl)c1[N+](=O)[O-]. The van der Waals surface area contributed by atoms with Crippen LogP contribution < -0.4 is 0 Å². The van der Waals surface area contributed by atoms with Gasteiger partial charge in [0.1, 0.15) is 7.05 Å². The highest BCUT2D eigenvalue weighted by Gasteiger charge is 2.53. The molecule has 0 spiro atoms. The maximum absolute atomic E-state index is 10.7. The minimum atomic E-state index is -2.18. The molecule has 0 aliphatic carbocycles. The molecule has 1 heterocycles. The van der Waals surface area contributed by atoms with Crippen LogP contribution in [0.1, 0.15) is 5.69 Å². The molecular formula is C5H3Cl5N4O2. The van der Waals surface area contributed by atoms with Crippen LogP contribution in [-0.2, 0) is 11.4 Å². The number of hydrogen-bond acceptors (Lipinski definition) is 4. The van der Waals surface area contributed by atoms with Crippen molar-refractivity contribution in [2.24, 2.45) is 7.05 Å². The second-order valence-electron chi connectivity index (χ2n) is 2.71. The molecule has 1 aromatic rings. The van der Waals surface area contributed by atoms with Gasteiger partial charge in [0, 0.05) is 5.21 Å². The van der Waals surface area contributed by atoms with Crippen molar-refractivity contribution in [1.29, 1.82) is 0 Å². The lowest BCUT2D eigenvalue weighted by atomic mass is 10.3. The van der Waals surface area contributed by atoms with E-state index in [4.69, 9.17) is 58.0 Å². The number of aryl methyl sites for hydroxylation is 1. The molecule has 0 aliphatic heterocycles. The molecular weight excluding hydrogens is 325 g/mol. The zero-order chi connectivity index (χ0) is 12.7. The van der Waals surface area contributed by atoms with Gasteiger partial charge >= 0.3 is 5.82 Å². The van der Waals surface area contributed by atoms with E-state index >= 15 is 0 Å². The van der Waals surface area contributed by atoms with Gasteiger partial charge in [0.05, 0.1) is 0 Å². The van der Waals surface area contributed by atoms with Gasteiger partial charge in [-0.15, -0.1) is 9.78 Å². The molecule has 0 atom stereocenters. The molecule has 0 unspecified atom stereocenters. The van der Waals surface area contributed by atoms with E-state index in [1.54, 1.807) is 0 Å². The van der Waals surface area contributed by atoms with Crippen molar-refractivity contribution >= 4 is 63.8 Å². The predicted octanol–water partition coefficient (Wildman–Crippen LogP) is 2.72. The van der Waals surface area contributed by atoms with Crippen molar-refractivity contribution in [3.63, 3.8) is 0 Å². The first-order chi connectivity index (χ1) is 7.09. The summed E-state index contributed by atoms with van der Waals surface area (Å²) in [6.07, 6.45) is 0. The van der Waals surface area contributed by atoms with E-state index in [2.05, 4.69) is 10.3 Å². The molecule has 0 bridgehead atoms. The summed E-state index contributed by atoms with van der Waals surface area (Å²) in [5.41, 5.74) is -0.427. The number of aromatic nitrogens is 3. The van der Waals surface area contributed by atoms with Crippen molar-refractivity contribution in [2.75, 3.05) is 0 Å². The van der Waals surface area contributed by atoms with Gasteiger partial charge in [-0.2, -0.15) is 0 Å². The van der Waals surface area contributed by atoms with Gasteiger partial charge in [-0.1, -0.05) is 58.0 Å². The Labute approximate surface area is 114 Å². The largest absolute Gasteiger partial charge is 0.371 e. The monoisotopic (exact) mass is 326 g/mol. The van der Waals surface area contributed by atoms with Crippen LogP contribution in [0.4, 0.5) is 5.82 Å². The number of rotatable bonds is 2. The van der Waals surface area contributed by atoms with Crippen LogP contribution >= 0.6 is 58.0 Å². The van der Waals surface area contributed by atoms with Gasteiger partial charge < -0.3 is 10.1 Å². The lowest BCUT2D eigenvalue weighted by Crippen LogP contribution is -2.29. The second kappa shape index (κ2) is 4.34. The topological polar surface area (TPSA) is 73.8 Å². The van der Waals surface area contributed by atoms with E-state index in [0.29, 0.717) is 0 Å². The Morgan fingerprint density at radius 2 is 1.81 bits per heavy atom. The fourth-order valence-electron chi connectivity index (χ4n) is 0.894. The fourth-order valence-corrected chi connectivity index (χ4v) is 1.41. The minimum Gasteiger partial charge on any atom is -0.358 e. The molecule has 0 amide bonds. The average Bonchev–Trinajstić information content (AvgIpc) is 2.45. The summed E-state index contributed by atoms with van der Waals surface area (Å²) >= 11 is 28.0. The summed E-state index contributed by atoms with van der Waals surface area (Å²) in [4.78, 5) is 9.96. The minimum absolute atomic E-state index is 0.427. The quantitative estimate of drug-likeness (QED) is 0.475. The Balaban J connectivity index is 3.40. The second-order valence-corrected chi connectivity index (χ2v) is 6.32. The van der Waals surface area contributed by atoms with Gasteiger partial charge in [-0.3, -0.25) is 0 Å². The normalized spacial score (nSPS) is 12.9. The molecule has 0 fully saturated rings.